The predicted octanol–water partition coefficient (Wildman–Crippen LogP) is 2.21. The summed E-state index contributed by atoms with van der Waals surface area (Å²) in [7, 11) is 0. The number of aliphatic hydroxyl groups excluding tert-OH is 3. The molecule has 1 aliphatic heterocycles. The third-order valence-electron chi connectivity index (χ3n) is 9.42. The summed E-state index contributed by atoms with van der Waals surface area (Å²) in [6.45, 7) is 10.4. The molecule has 4 aliphatic rings. The van der Waals surface area contributed by atoms with Crippen molar-refractivity contribution in [2.45, 2.75) is 90.0 Å². The number of fused-ring (bicyclic) bond motifs is 3. The standard InChI is InChI=1S/C26H38O8/c1-5-24(2)10-8-15-14(12-24)6-7-16-25(15,3)11-9-17(27)26(16,4)13-33-23-20(30)18(28)19(29)21(34-23)22(31)32/h5-6,15-16,18-21,23,28-30H,1,7-13H2,2-4H3,(H,31,32)/t15-,16+,18+,19-,20-,21-,23+,24-,25+,26+/m0/s1. The molecule has 1 heterocycles. The largest absolute Gasteiger partial charge is 0.479 e. The van der Waals surface area contributed by atoms with Crippen LogP contribution in [0.1, 0.15) is 59.3 Å². The maximum absolute atomic E-state index is 13.3. The van der Waals surface area contributed by atoms with Crippen molar-refractivity contribution in [3.8, 4) is 0 Å². The monoisotopic (exact) mass is 478 g/mol. The van der Waals surface area contributed by atoms with Crippen LogP contribution >= 0.6 is 0 Å². The third-order valence-corrected chi connectivity index (χ3v) is 9.42. The minimum atomic E-state index is -1.78. The minimum absolute atomic E-state index is 0.0228. The van der Waals surface area contributed by atoms with E-state index in [1.807, 2.05) is 6.92 Å². The molecule has 4 rings (SSSR count). The van der Waals surface area contributed by atoms with E-state index in [4.69, 9.17) is 9.47 Å². The van der Waals surface area contributed by atoms with E-state index >= 15 is 0 Å². The number of aliphatic carboxylic acids is 1. The van der Waals surface area contributed by atoms with Crippen LogP contribution in [0.5, 0.6) is 0 Å². The molecule has 8 nitrogen and oxygen atoms in total. The molecule has 34 heavy (non-hydrogen) atoms. The van der Waals surface area contributed by atoms with Crippen molar-refractivity contribution < 1.29 is 39.5 Å². The molecule has 0 unspecified atom stereocenters. The third kappa shape index (κ3) is 3.97. The van der Waals surface area contributed by atoms with Crippen LogP contribution in [0.2, 0.25) is 0 Å². The Bertz CT molecular complexity index is 884. The van der Waals surface area contributed by atoms with E-state index in [0.29, 0.717) is 12.3 Å². The molecule has 1 saturated heterocycles. The topological polar surface area (TPSA) is 134 Å². The second-order valence-corrected chi connectivity index (χ2v) is 11.6. The highest BCUT2D eigenvalue weighted by Gasteiger charge is 2.59. The number of hydrogen-bond donors (Lipinski definition) is 4. The van der Waals surface area contributed by atoms with Gasteiger partial charge in [0.15, 0.2) is 12.4 Å². The summed E-state index contributed by atoms with van der Waals surface area (Å²) >= 11 is 0. The molecule has 190 valence electrons. The summed E-state index contributed by atoms with van der Waals surface area (Å²) in [5.74, 6) is -0.973. The first-order valence-electron chi connectivity index (χ1n) is 12.3. The van der Waals surface area contributed by atoms with Gasteiger partial charge >= 0.3 is 5.97 Å². The van der Waals surface area contributed by atoms with E-state index in [2.05, 4.69) is 32.6 Å². The van der Waals surface area contributed by atoms with Crippen molar-refractivity contribution in [3.63, 3.8) is 0 Å². The van der Waals surface area contributed by atoms with Gasteiger partial charge in [-0.15, -0.1) is 6.58 Å². The molecule has 0 aromatic carbocycles. The van der Waals surface area contributed by atoms with E-state index in [9.17, 15) is 30.0 Å². The molecule has 4 N–H and O–H groups in total. The van der Waals surface area contributed by atoms with E-state index in [1.165, 1.54) is 5.57 Å². The number of rotatable bonds is 5. The van der Waals surface area contributed by atoms with Gasteiger partial charge in [0.2, 0.25) is 0 Å². The lowest BCUT2D eigenvalue weighted by atomic mass is 9.45. The Morgan fingerprint density at radius 3 is 2.56 bits per heavy atom. The molecule has 0 amide bonds. The molecule has 2 saturated carbocycles. The number of hydrogen-bond acceptors (Lipinski definition) is 7. The van der Waals surface area contributed by atoms with Gasteiger partial charge in [0.25, 0.3) is 0 Å². The summed E-state index contributed by atoms with van der Waals surface area (Å²) in [4.78, 5) is 24.7. The maximum Gasteiger partial charge on any atom is 0.335 e. The average Bonchev–Trinajstić information content (AvgIpc) is 2.79. The Hall–Kier alpha value is -1.58. The smallest absolute Gasteiger partial charge is 0.335 e. The lowest BCUT2D eigenvalue weighted by molar-refractivity contribution is -0.300. The fraction of sp³-hybridized carbons (Fsp3) is 0.769. The van der Waals surface area contributed by atoms with Gasteiger partial charge in [-0.05, 0) is 54.8 Å². The summed E-state index contributed by atoms with van der Waals surface area (Å²) in [6, 6.07) is 0. The molecule has 3 aliphatic carbocycles. The highest BCUT2D eigenvalue weighted by Crippen LogP contribution is 2.63. The number of Topliss-reactive ketones (excluding diaryl/α,β-unsaturated/α-hetero) is 1. The highest BCUT2D eigenvalue weighted by molar-refractivity contribution is 5.86. The molecular weight excluding hydrogens is 440 g/mol. The van der Waals surface area contributed by atoms with Crippen molar-refractivity contribution in [1.29, 1.82) is 0 Å². The molecule has 3 fully saturated rings. The van der Waals surface area contributed by atoms with Crippen molar-refractivity contribution >= 4 is 11.8 Å². The van der Waals surface area contributed by atoms with Crippen LogP contribution in [0.25, 0.3) is 0 Å². The predicted molar refractivity (Wildman–Crippen MR) is 123 cm³/mol. The lowest BCUT2D eigenvalue weighted by Crippen LogP contribution is -2.61. The first-order chi connectivity index (χ1) is 15.9. The van der Waals surface area contributed by atoms with Crippen molar-refractivity contribution in [2.24, 2.45) is 28.1 Å². The Kier molecular flexibility index (Phi) is 6.62. The van der Waals surface area contributed by atoms with Gasteiger partial charge < -0.3 is 29.9 Å². The summed E-state index contributed by atoms with van der Waals surface area (Å²) in [6.07, 6.45) is 1.09. The Balaban J connectivity index is 1.56. The molecule has 0 spiro atoms. The molecule has 10 atom stereocenters. The van der Waals surface area contributed by atoms with Gasteiger partial charge in [-0.25, -0.2) is 4.79 Å². The number of carboxylic acid groups (broad SMARTS) is 1. The van der Waals surface area contributed by atoms with E-state index in [0.717, 1.165) is 32.1 Å². The maximum atomic E-state index is 13.3. The van der Waals surface area contributed by atoms with Gasteiger partial charge in [-0.3, -0.25) is 4.79 Å². The number of ether oxygens (including phenoxy) is 2. The van der Waals surface area contributed by atoms with Crippen LogP contribution in [0.3, 0.4) is 0 Å². The number of carbonyl (C=O) groups is 2. The normalized spacial score (nSPS) is 48.9. The Morgan fingerprint density at radius 2 is 1.91 bits per heavy atom. The number of carboxylic acids is 1. The van der Waals surface area contributed by atoms with Crippen LogP contribution in [0.4, 0.5) is 0 Å². The SMILES string of the molecule is C=C[C@@]1(C)CC[C@H]2C(=CC[C@@H]3[C@]2(C)CCC(=O)[C@]3(C)CO[C@@H]2O[C@H](C(=O)O)[C@@H](O)[C@@H](O)[C@@H]2O)C1. The zero-order chi connectivity index (χ0) is 25.1. The molecular formula is C26H38O8. The molecule has 0 aromatic heterocycles. The van der Waals surface area contributed by atoms with Gasteiger partial charge in [0.05, 0.1) is 12.0 Å². The minimum Gasteiger partial charge on any atom is -0.479 e. The Labute approximate surface area is 200 Å². The van der Waals surface area contributed by atoms with Crippen molar-refractivity contribution in [1.82, 2.24) is 0 Å². The molecule has 0 aromatic rings. The van der Waals surface area contributed by atoms with Gasteiger partial charge in [0, 0.05) is 6.42 Å². The average molecular weight is 479 g/mol. The van der Waals surface area contributed by atoms with Gasteiger partial charge in [0.1, 0.15) is 24.1 Å². The van der Waals surface area contributed by atoms with E-state index in [-0.39, 0.29) is 29.1 Å². The van der Waals surface area contributed by atoms with Crippen LogP contribution in [-0.4, -0.2) is 69.5 Å². The Morgan fingerprint density at radius 1 is 1.21 bits per heavy atom. The fourth-order valence-corrected chi connectivity index (χ4v) is 7.09. The number of carbonyl (C=O) groups excluding carboxylic acids is 1. The van der Waals surface area contributed by atoms with Crippen LogP contribution in [-0.2, 0) is 19.1 Å². The van der Waals surface area contributed by atoms with Gasteiger partial charge in [-0.1, -0.05) is 38.5 Å². The van der Waals surface area contributed by atoms with Crippen LogP contribution < -0.4 is 0 Å². The zero-order valence-electron chi connectivity index (χ0n) is 20.3. The molecule has 0 radical (unpaired) electrons. The quantitative estimate of drug-likeness (QED) is 0.442. The van der Waals surface area contributed by atoms with Crippen LogP contribution in [0, 0.1) is 28.1 Å². The van der Waals surface area contributed by atoms with Gasteiger partial charge in [-0.2, -0.15) is 0 Å². The number of ketones is 1. The molecule has 0 bridgehead atoms. The highest BCUT2D eigenvalue weighted by atomic mass is 16.7. The van der Waals surface area contributed by atoms with Crippen molar-refractivity contribution in [2.75, 3.05) is 6.61 Å². The lowest BCUT2D eigenvalue weighted by Gasteiger charge is -2.59. The number of aliphatic hydroxyl groups is 3. The van der Waals surface area contributed by atoms with Crippen molar-refractivity contribution in [3.05, 3.63) is 24.3 Å². The second kappa shape index (κ2) is 8.82. The zero-order valence-corrected chi connectivity index (χ0v) is 20.3. The first kappa shape index (κ1) is 25.5. The first-order valence-corrected chi connectivity index (χ1v) is 12.3. The number of allylic oxidation sites excluding steroid dienone is 3. The fourth-order valence-electron chi connectivity index (χ4n) is 7.09. The van der Waals surface area contributed by atoms with E-state index in [1.54, 1.807) is 0 Å². The van der Waals surface area contributed by atoms with Crippen LogP contribution in [0.15, 0.2) is 24.3 Å². The summed E-state index contributed by atoms with van der Waals surface area (Å²) in [5.41, 5.74) is 0.627. The summed E-state index contributed by atoms with van der Waals surface area (Å²) in [5, 5.41) is 39.7. The summed E-state index contributed by atoms with van der Waals surface area (Å²) < 4.78 is 11.1. The van der Waals surface area contributed by atoms with E-state index < -0.39 is 42.1 Å². The molecule has 8 heteroatoms. The second-order valence-electron chi connectivity index (χ2n) is 11.6.